The summed E-state index contributed by atoms with van der Waals surface area (Å²) in [6.07, 6.45) is 0. The average molecular weight is 160 g/mol. The molecule has 0 aliphatic heterocycles. The van der Waals surface area contributed by atoms with Gasteiger partial charge < -0.3 is 14.9 Å². The zero-order valence-electron chi connectivity index (χ0n) is 5.18. The first kappa shape index (κ1) is 9.41. The molecule has 2 N–H and O–H groups in total. The molecule has 0 saturated heterocycles. The molecule has 0 atom stereocenters. The molecule has 0 bridgehead atoms. The summed E-state index contributed by atoms with van der Waals surface area (Å²) in [6, 6.07) is 0. The highest BCUT2D eigenvalue weighted by molar-refractivity contribution is 6.09. The number of rotatable bonds is 5. The largest absolute Gasteiger partial charge is 0.480 e. The quantitative estimate of drug-likeness (QED) is 0.397. The fourth-order valence-corrected chi connectivity index (χ4v) is 0.288. The number of ether oxygens (including phenoxy) is 1. The van der Waals surface area contributed by atoms with Crippen LogP contribution in [0, 0.1) is 12.5 Å². The Morgan fingerprint density at radius 1 is 1.18 bits per heavy atom. The van der Waals surface area contributed by atoms with Crippen molar-refractivity contribution in [1.82, 2.24) is 0 Å². The number of carboxylic acid groups (broad SMARTS) is 2. The zero-order valence-corrected chi connectivity index (χ0v) is 5.18. The van der Waals surface area contributed by atoms with E-state index in [9.17, 15) is 14.4 Å². The van der Waals surface area contributed by atoms with Crippen LogP contribution >= 0.6 is 0 Å². The average Bonchev–Trinajstić information content (AvgIpc) is 1.87. The lowest BCUT2D eigenvalue weighted by molar-refractivity contribution is -0.144. The molecule has 0 fully saturated rings. The van der Waals surface area contributed by atoms with Gasteiger partial charge in [0, 0.05) is 0 Å². The van der Waals surface area contributed by atoms with E-state index in [4.69, 9.17) is 10.2 Å². The molecular formula is C5H4O6. The number of carboxylic acids is 2. The number of carbonyl (C=O) groups excluding carboxylic acids is 1. The molecule has 0 amide bonds. The highest BCUT2D eigenvalue weighted by Crippen LogP contribution is 2.04. The first-order valence-electron chi connectivity index (χ1n) is 2.35. The van der Waals surface area contributed by atoms with Gasteiger partial charge >= 0.3 is 11.9 Å². The molecule has 0 rings (SSSR count). The molecule has 0 aromatic heterocycles. The van der Waals surface area contributed by atoms with Crippen molar-refractivity contribution in [3.05, 3.63) is 12.5 Å². The first-order chi connectivity index (χ1) is 5.09. The van der Waals surface area contributed by atoms with E-state index in [1.807, 2.05) is 0 Å². The van der Waals surface area contributed by atoms with E-state index >= 15 is 0 Å². The van der Waals surface area contributed by atoms with E-state index in [0.29, 0.717) is 6.61 Å². The summed E-state index contributed by atoms with van der Waals surface area (Å²) in [7, 11) is 0. The Bertz CT molecular complexity index is 160. The van der Waals surface area contributed by atoms with E-state index < -0.39 is 17.9 Å². The van der Waals surface area contributed by atoms with Gasteiger partial charge in [0.05, 0.1) is 0 Å². The summed E-state index contributed by atoms with van der Waals surface area (Å²) in [4.78, 5) is 29.5. The Kier molecular flexibility index (Phi) is 3.65. The molecule has 0 unspecified atom stereocenters. The molecule has 0 aliphatic carbocycles. The maximum absolute atomic E-state index is 10.0. The van der Waals surface area contributed by atoms with Crippen LogP contribution in [0.3, 0.4) is 0 Å². The van der Waals surface area contributed by atoms with Gasteiger partial charge in [-0.3, -0.25) is 14.4 Å². The van der Waals surface area contributed by atoms with E-state index in [2.05, 4.69) is 4.74 Å². The van der Waals surface area contributed by atoms with E-state index in [-0.39, 0.29) is 6.47 Å². The Morgan fingerprint density at radius 3 is 1.91 bits per heavy atom. The van der Waals surface area contributed by atoms with Crippen LogP contribution in [0.2, 0.25) is 0 Å². The van der Waals surface area contributed by atoms with Crippen molar-refractivity contribution >= 4 is 18.4 Å². The fourth-order valence-electron chi connectivity index (χ4n) is 0.288. The third kappa shape index (κ3) is 3.19. The topological polar surface area (TPSA) is 101 Å². The molecule has 0 aromatic carbocycles. The van der Waals surface area contributed by atoms with E-state index in [0.717, 1.165) is 0 Å². The smallest absolute Gasteiger partial charge is 0.327 e. The molecule has 0 aliphatic rings. The number of carbonyl (C=O) groups is 3. The minimum Gasteiger partial charge on any atom is -0.480 e. The second-order valence-electron chi connectivity index (χ2n) is 1.37. The van der Waals surface area contributed by atoms with Crippen LogP contribution in [-0.4, -0.2) is 28.6 Å². The van der Waals surface area contributed by atoms with Crippen molar-refractivity contribution in [1.29, 1.82) is 0 Å². The Balaban J connectivity index is 4.00. The van der Waals surface area contributed by atoms with Crippen LogP contribution in [0.15, 0.2) is 0 Å². The van der Waals surface area contributed by atoms with Crippen molar-refractivity contribution in [2.45, 2.75) is 0 Å². The third-order valence-electron chi connectivity index (χ3n) is 0.702. The third-order valence-corrected chi connectivity index (χ3v) is 0.702. The monoisotopic (exact) mass is 160 g/mol. The Labute approximate surface area is 61.4 Å². The van der Waals surface area contributed by atoms with Gasteiger partial charge in [-0.05, 0) is 0 Å². The highest BCUT2D eigenvalue weighted by atomic mass is 16.5. The second kappa shape index (κ2) is 4.26. The Morgan fingerprint density at radius 2 is 1.64 bits per heavy atom. The minimum absolute atomic E-state index is 0.0775. The van der Waals surface area contributed by atoms with Crippen LogP contribution in [0.5, 0.6) is 0 Å². The lowest BCUT2D eigenvalue weighted by atomic mass is 10.2. The summed E-state index contributed by atoms with van der Waals surface area (Å²) >= 11 is 0. The van der Waals surface area contributed by atoms with Gasteiger partial charge in [-0.1, -0.05) is 0 Å². The van der Waals surface area contributed by atoms with Crippen LogP contribution in [0.25, 0.3) is 0 Å². The summed E-state index contributed by atoms with van der Waals surface area (Å²) < 4.78 is 3.81. The summed E-state index contributed by atoms with van der Waals surface area (Å²) in [5, 5.41) is 16.3. The second-order valence-corrected chi connectivity index (χ2v) is 1.37. The lowest BCUT2D eigenvalue weighted by Crippen LogP contribution is -2.22. The standard InChI is InChI=1S/C5H4O6/c6-2-11-1-3(4(7)8)5(9)10/h1-2H,(H,7,8)(H,9,10). The van der Waals surface area contributed by atoms with Crippen LogP contribution < -0.4 is 0 Å². The predicted octanol–water partition coefficient (Wildman–Crippen LogP) is -0.935. The molecule has 0 aromatic rings. The fraction of sp³-hybridized carbons (Fsp3) is 0. The van der Waals surface area contributed by atoms with Crippen LogP contribution in [-0.2, 0) is 19.1 Å². The van der Waals surface area contributed by atoms with Gasteiger partial charge in [0.1, 0.15) is 0 Å². The minimum atomic E-state index is -1.67. The predicted molar refractivity (Wildman–Crippen MR) is 30.0 cm³/mol. The van der Waals surface area contributed by atoms with Gasteiger partial charge in [-0.2, -0.15) is 0 Å². The summed E-state index contributed by atoms with van der Waals surface area (Å²) in [6.45, 7) is 0.267. The van der Waals surface area contributed by atoms with Crippen LogP contribution in [0.1, 0.15) is 0 Å². The summed E-state index contributed by atoms with van der Waals surface area (Å²) in [5.41, 5.74) is 0. The molecule has 6 nitrogen and oxygen atoms in total. The molecule has 6 heteroatoms. The summed E-state index contributed by atoms with van der Waals surface area (Å²) in [5.74, 6) is -4.34. The van der Waals surface area contributed by atoms with Gasteiger partial charge in [-0.25, -0.2) is 0 Å². The Hall–Kier alpha value is -1.59. The zero-order chi connectivity index (χ0) is 8.85. The number of aliphatic carboxylic acids is 2. The van der Waals surface area contributed by atoms with Gasteiger partial charge in [0.25, 0.3) is 6.47 Å². The van der Waals surface area contributed by atoms with Crippen molar-refractivity contribution in [2.75, 3.05) is 0 Å². The van der Waals surface area contributed by atoms with Gasteiger partial charge in [0.15, 0.2) is 6.61 Å². The number of hydrogen-bond acceptors (Lipinski definition) is 4. The molecule has 0 spiro atoms. The molecule has 60 valence electrons. The normalized spacial score (nSPS) is 9.18. The first-order valence-corrected chi connectivity index (χ1v) is 2.35. The van der Waals surface area contributed by atoms with E-state index in [1.165, 1.54) is 0 Å². The SMILES string of the molecule is O=CO[CH][C](C(=O)O)C(=O)O. The van der Waals surface area contributed by atoms with Crippen LogP contribution in [0.4, 0.5) is 0 Å². The lowest BCUT2D eigenvalue weighted by Gasteiger charge is -2.01. The highest BCUT2D eigenvalue weighted by Gasteiger charge is 2.28. The van der Waals surface area contributed by atoms with Crippen molar-refractivity contribution in [3.8, 4) is 0 Å². The van der Waals surface area contributed by atoms with Crippen molar-refractivity contribution in [3.63, 3.8) is 0 Å². The van der Waals surface area contributed by atoms with Gasteiger partial charge in [0.2, 0.25) is 5.92 Å². The number of hydrogen-bond donors (Lipinski definition) is 2. The van der Waals surface area contributed by atoms with E-state index in [1.54, 1.807) is 0 Å². The molecular weight excluding hydrogens is 156 g/mol. The van der Waals surface area contributed by atoms with Crippen molar-refractivity contribution in [2.24, 2.45) is 0 Å². The maximum atomic E-state index is 10.0. The molecule has 0 saturated carbocycles. The van der Waals surface area contributed by atoms with Crippen molar-refractivity contribution < 1.29 is 29.3 Å². The maximum Gasteiger partial charge on any atom is 0.327 e. The molecule has 11 heavy (non-hydrogen) atoms. The van der Waals surface area contributed by atoms with Gasteiger partial charge in [-0.15, -0.1) is 0 Å². The molecule has 0 heterocycles. The molecule has 2 radical (unpaired) electrons.